The van der Waals surface area contributed by atoms with Gasteiger partial charge in [0.1, 0.15) is 23.7 Å². The highest BCUT2D eigenvalue weighted by Crippen LogP contribution is 2.32. The van der Waals surface area contributed by atoms with Crippen molar-refractivity contribution in [3.8, 4) is 5.75 Å². The zero-order chi connectivity index (χ0) is 23.1. The molecule has 4 heterocycles. The van der Waals surface area contributed by atoms with Crippen LogP contribution in [0.3, 0.4) is 0 Å². The Morgan fingerprint density at radius 2 is 2.09 bits per heavy atom. The van der Waals surface area contributed by atoms with Crippen molar-refractivity contribution in [2.24, 2.45) is 0 Å². The molecule has 1 saturated heterocycles. The number of hydrogen-bond acceptors (Lipinski definition) is 6. The Balaban J connectivity index is 1.31. The first-order valence-corrected chi connectivity index (χ1v) is 12.6. The van der Waals surface area contributed by atoms with Crippen LogP contribution in [-0.2, 0) is 30.4 Å². The maximum absolute atomic E-state index is 14.7. The van der Waals surface area contributed by atoms with Crippen molar-refractivity contribution in [1.29, 1.82) is 0 Å². The predicted molar refractivity (Wildman–Crippen MR) is 128 cm³/mol. The third kappa shape index (κ3) is 4.03. The van der Waals surface area contributed by atoms with Crippen molar-refractivity contribution < 1.29 is 13.9 Å². The first-order chi connectivity index (χ1) is 16.7. The number of anilines is 1. The zero-order valence-electron chi connectivity index (χ0n) is 19.7. The van der Waals surface area contributed by atoms with Gasteiger partial charge in [0.25, 0.3) is 0 Å². The molecule has 2 aliphatic heterocycles. The van der Waals surface area contributed by atoms with E-state index in [4.69, 9.17) is 19.4 Å². The predicted octanol–water partition coefficient (Wildman–Crippen LogP) is 3.11. The summed E-state index contributed by atoms with van der Waals surface area (Å²) in [7, 11) is 0. The summed E-state index contributed by atoms with van der Waals surface area (Å²) in [6, 6.07) is 4.20. The van der Waals surface area contributed by atoms with Crippen LogP contribution < -0.4 is 15.0 Å². The van der Waals surface area contributed by atoms with E-state index >= 15 is 0 Å². The molecule has 0 unspecified atom stereocenters. The molecule has 8 heteroatoms. The number of halogens is 1. The number of aromatic nitrogens is 3. The van der Waals surface area contributed by atoms with Crippen LogP contribution in [0.5, 0.6) is 5.75 Å². The van der Waals surface area contributed by atoms with Gasteiger partial charge in [-0.15, -0.1) is 0 Å². The lowest BCUT2D eigenvalue weighted by molar-refractivity contribution is 0.0937. The van der Waals surface area contributed by atoms with Gasteiger partial charge < -0.3 is 19.7 Å². The number of morpholine rings is 1. The first kappa shape index (κ1) is 21.8. The van der Waals surface area contributed by atoms with Gasteiger partial charge in [-0.25, -0.2) is 14.4 Å². The van der Waals surface area contributed by atoms with Crippen molar-refractivity contribution in [2.75, 3.05) is 37.8 Å². The minimum Gasteiger partial charge on any atom is -0.493 e. The van der Waals surface area contributed by atoms with E-state index in [1.807, 2.05) is 12.5 Å². The maximum atomic E-state index is 14.7. The Morgan fingerprint density at radius 3 is 2.94 bits per heavy atom. The largest absolute Gasteiger partial charge is 0.493 e. The van der Waals surface area contributed by atoms with Gasteiger partial charge in [0.2, 0.25) is 0 Å². The number of nitrogens with one attached hydrogen (secondary N) is 1. The summed E-state index contributed by atoms with van der Waals surface area (Å²) in [6.07, 6.45) is 9.26. The fraction of sp³-hybridized carbons (Fsp3) is 0.538. The van der Waals surface area contributed by atoms with Crippen LogP contribution in [0.25, 0.3) is 5.52 Å². The van der Waals surface area contributed by atoms with Crippen LogP contribution in [0.15, 0.2) is 24.7 Å². The molecule has 7 nitrogen and oxygen atoms in total. The fourth-order valence-electron chi connectivity index (χ4n) is 5.32. The molecule has 0 radical (unpaired) electrons. The Bertz CT molecular complexity index is 1190. The number of aryl methyl sites for hydroxylation is 2. The van der Waals surface area contributed by atoms with Crippen LogP contribution in [0, 0.1) is 5.82 Å². The van der Waals surface area contributed by atoms with Gasteiger partial charge >= 0.3 is 0 Å². The van der Waals surface area contributed by atoms with Gasteiger partial charge in [-0.2, -0.15) is 0 Å². The van der Waals surface area contributed by atoms with Crippen molar-refractivity contribution >= 4 is 11.2 Å². The second kappa shape index (κ2) is 9.15. The van der Waals surface area contributed by atoms with E-state index < -0.39 is 0 Å². The second-order valence-corrected chi connectivity index (χ2v) is 9.53. The average Bonchev–Trinajstić information content (AvgIpc) is 3.39. The standard InChI is InChI=1S/C26H32FN5O2/c1-2-22-26-23(31-10-12-33-15-18(31)13-28-17-3-4-17)14-29-25(32(26)16-30-22)8-5-19-20-9-11-34-24(20)7-6-21(19)27/h6-7,14,16-18,28H,2-5,8-13,15H2,1H3/t18-/m0/s1. The molecule has 1 N–H and O–H groups in total. The minimum absolute atomic E-state index is 0.156. The summed E-state index contributed by atoms with van der Waals surface area (Å²) >= 11 is 0. The molecule has 1 aromatic carbocycles. The van der Waals surface area contributed by atoms with Crippen molar-refractivity contribution in [1.82, 2.24) is 19.7 Å². The zero-order valence-corrected chi connectivity index (χ0v) is 19.7. The Hall–Kier alpha value is -2.71. The van der Waals surface area contributed by atoms with Crippen molar-refractivity contribution in [3.05, 3.63) is 53.1 Å². The van der Waals surface area contributed by atoms with Crippen LogP contribution >= 0.6 is 0 Å². The Labute approximate surface area is 199 Å². The summed E-state index contributed by atoms with van der Waals surface area (Å²) in [6.45, 7) is 5.94. The van der Waals surface area contributed by atoms with Gasteiger partial charge in [-0.3, -0.25) is 4.40 Å². The van der Waals surface area contributed by atoms with Gasteiger partial charge in [-0.1, -0.05) is 6.92 Å². The van der Waals surface area contributed by atoms with Gasteiger partial charge in [0.15, 0.2) is 0 Å². The van der Waals surface area contributed by atoms with Crippen LogP contribution in [0.1, 0.15) is 42.4 Å². The molecule has 180 valence electrons. The summed E-state index contributed by atoms with van der Waals surface area (Å²) < 4.78 is 28.3. The van der Waals surface area contributed by atoms with Gasteiger partial charge in [-0.05, 0) is 43.4 Å². The molecule has 1 saturated carbocycles. The smallest absolute Gasteiger partial charge is 0.126 e. The third-order valence-electron chi connectivity index (χ3n) is 7.33. The highest BCUT2D eigenvalue weighted by atomic mass is 19.1. The molecular weight excluding hydrogens is 433 g/mol. The van der Waals surface area contributed by atoms with E-state index in [0.717, 1.165) is 65.5 Å². The van der Waals surface area contributed by atoms with Crippen LogP contribution in [-0.4, -0.2) is 59.4 Å². The SMILES string of the molecule is CCc1ncn2c(CCc3c(F)ccc4c3CCO4)ncc(N3CCOC[C@@H]3CNC3CC3)c12. The topological polar surface area (TPSA) is 63.9 Å². The molecule has 2 fully saturated rings. The van der Waals surface area contributed by atoms with E-state index in [2.05, 4.69) is 21.5 Å². The number of benzene rings is 1. The van der Waals surface area contributed by atoms with E-state index in [-0.39, 0.29) is 11.9 Å². The average molecular weight is 466 g/mol. The lowest BCUT2D eigenvalue weighted by Crippen LogP contribution is -2.51. The van der Waals surface area contributed by atoms with E-state index in [1.54, 1.807) is 6.07 Å². The quantitative estimate of drug-likeness (QED) is 0.552. The number of imidazole rings is 1. The molecule has 0 amide bonds. The lowest BCUT2D eigenvalue weighted by Gasteiger charge is -2.38. The van der Waals surface area contributed by atoms with Gasteiger partial charge in [0.05, 0.1) is 49.0 Å². The summed E-state index contributed by atoms with van der Waals surface area (Å²) in [4.78, 5) is 12.0. The highest BCUT2D eigenvalue weighted by Gasteiger charge is 2.29. The number of fused-ring (bicyclic) bond motifs is 2. The number of rotatable bonds is 8. The summed E-state index contributed by atoms with van der Waals surface area (Å²) in [5, 5.41) is 3.66. The van der Waals surface area contributed by atoms with Crippen molar-refractivity contribution in [2.45, 2.75) is 57.5 Å². The molecular formula is C26H32FN5O2. The molecule has 1 atom stereocenters. The third-order valence-corrected chi connectivity index (χ3v) is 7.33. The Kier molecular flexibility index (Phi) is 5.87. The molecule has 1 aliphatic carbocycles. The molecule has 2 aromatic heterocycles. The van der Waals surface area contributed by atoms with Crippen molar-refractivity contribution in [3.63, 3.8) is 0 Å². The molecule has 34 heavy (non-hydrogen) atoms. The summed E-state index contributed by atoms with van der Waals surface area (Å²) in [5.41, 5.74) is 5.06. The minimum atomic E-state index is -0.156. The first-order valence-electron chi connectivity index (χ1n) is 12.6. The second-order valence-electron chi connectivity index (χ2n) is 9.53. The monoisotopic (exact) mass is 465 g/mol. The number of ether oxygens (including phenoxy) is 2. The van der Waals surface area contributed by atoms with Crippen LogP contribution in [0.2, 0.25) is 0 Å². The normalized spacial score (nSPS) is 20.1. The van der Waals surface area contributed by atoms with E-state index in [0.29, 0.717) is 38.7 Å². The lowest BCUT2D eigenvalue weighted by atomic mass is 10.00. The number of nitrogens with zero attached hydrogens (tertiary/aromatic N) is 4. The molecule has 0 bridgehead atoms. The molecule has 3 aliphatic rings. The summed E-state index contributed by atoms with van der Waals surface area (Å²) in [5.74, 6) is 1.57. The van der Waals surface area contributed by atoms with E-state index in [9.17, 15) is 4.39 Å². The fourth-order valence-corrected chi connectivity index (χ4v) is 5.32. The molecule has 6 rings (SSSR count). The van der Waals surface area contributed by atoms with Gasteiger partial charge in [0, 0.05) is 37.5 Å². The Morgan fingerprint density at radius 1 is 1.18 bits per heavy atom. The molecule has 3 aromatic rings. The maximum Gasteiger partial charge on any atom is 0.126 e. The number of hydrogen-bond donors (Lipinski definition) is 1. The highest BCUT2D eigenvalue weighted by molar-refractivity contribution is 5.76. The van der Waals surface area contributed by atoms with Crippen LogP contribution in [0.4, 0.5) is 10.1 Å². The van der Waals surface area contributed by atoms with E-state index in [1.165, 1.54) is 18.9 Å². The molecule has 0 spiro atoms.